The van der Waals surface area contributed by atoms with Gasteiger partial charge in [-0.2, -0.15) is 4.73 Å². The van der Waals surface area contributed by atoms with E-state index in [2.05, 4.69) is 5.32 Å². The van der Waals surface area contributed by atoms with Crippen LogP contribution in [0.1, 0.15) is 12.5 Å². The second kappa shape index (κ2) is 6.43. The van der Waals surface area contributed by atoms with E-state index in [1.54, 1.807) is 25.1 Å². The highest BCUT2D eigenvalue weighted by Crippen LogP contribution is 2.21. The largest absolute Gasteiger partial charge is 0.618 e. The van der Waals surface area contributed by atoms with Crippen molar-refractivity contribution in [2.45, 2.75) is 24.1 Å². The number of nitrogens with one attached hydrogen (secondary N) is 1. The lowest BCUT2D eigenvalue weighted by Gasteiger charge is -2.11. The average molecular weight is 288 g/mol. The number of carbonyl (C=O) groups excluding carboxylic acids is 1. The molecule has 1 aromatic heterocycles. The standard InChI is InChI=1S/C15H16N2O2S/c1-11-6-5-7-13(10-11)16-15(18)12(2)20-14-8-3-4-9-17(14)19/h3-10,12H,1-2H3,(H,16,18)/t12-/m0/s1. The number of aryl methyl sites for hydroxylation is 1. The highest BCUT2D eigenvalue weighted by Gasteiger charge is 2.18. The number of aromatic nitrogens is 1. The number of amides is 1. The molecule has 0 saturated carbocycles. The first-order valence-electron chi connectivity index (χ1n) is 6.28. The lowest BCUT2D eigenvalue weighted by atomic mass is 10.2. The Morgan fingerprint density at radius 1 is 1.30 bits per heavy atom. The maximum Gasteiger partial charge on any atom is 0.252 e. The van der Waals surface area contributed by atoms with E-state index in [1.165, 1.54) is 18.0 Å². The monoisotopic (exact) mass is 288 g/mol. The molecule has 1 atom stereocenters. The van der Waals surface area contributed by atoms with Crippen molar-refractivity contribution < 1.29 is 9.52 Å². The van der Waals surface area contributed by atoms with Gasteiger partial charge < -0.3 is 10.5 Å². The molecule has 0 aliphatic carbocycles. The fourth-order valence-electron chi connectivity index (χ4n) is 1.71. The van der Waals surface area contributed by atoms with Gasteiger partial charge in [-0.05, 0) is 49.4 Å². The Morgan fingerprint density at radius 3 is 2.80 bits per heavy atom. The van der Waals surface area contributed by atoms with Crippen LogP contribution in [0.4, 0.5) is 5.69 Å². The fraction of sp³-hybridized carbons (Fsp3) is 0.200. The molecular formula is C15H16N2O2S. The quantitative estimate of drug-likeness (QED) is 0.534. The summed E-state index contributed by atoms with van der Waals surface area (Å²) in [6.45, 7) is 3.75. The summed E-state index contributed by atoms with van der Waals surface area (Å²) in [5.74, 6) is -0.121. The van der Waals surface area contributed by atoms with Crippen molar-refractivity contribution in [3.05, 3.63) is 59.4 Å². The minimum atomic E-state index is -0.349. The molecule has 20 heavy (non-hydrogen) atoms. The molecule has 0 radical (unpaired) electrons. The van der Waals surface area contributed by atoms with Gasteiger partial charge in [0.25, 0.3) is 5.03 Å². The van der Waals surface area contributed by atoms with Crippen LogP contribution >= 0.6 is 11.8 Å². The highest BCUT2D eigenvalue weighted by atomic mass is 32.2. The zero-order chi connectivity index (χ0) is 14.5. The van der Waals surface area contributed by atoms with Gasteiger partial charge in [0.1, 0.15) is 0 Å². The first kappa shape index (κ1) is 14.4. The van der Waals surface area contributed by atoms with E-state index >= 15 is 0 Å². The molecule has 1 aromatic carbocycles. The summed E-state index contributed by atoms with van der Waals surface area (Å²) >= 11 is 1.24. The molecule has 104 valence electrons. The van der Waals surface area contributed by atoms with Crippen LogP contribution in [0.2, 0.25) is 0 Å². The SMILES string of the molecule is Cc1cccc(NC(=O)[C@H](C)Sc2cccc[n+]2[O-])c1. The molecule has 1 N–H and O–H groups in total. The third-order valence-electron chi connectivity index (χ3n) is 2.74. The number of rotatable bonds is 4. The lowest BCUT2D eigenvalue weighted by molar-refractivity contribution is -0.645. The van der Waals surface area contributed by atoms with E-state index < -0.39 is 0 Å². The van der Waals surface area contributed by atoms with Crippen molar-refractivity contribution in [3.8, 4) is 0 Å². The molecule has 0 aliphatic rings. The second-order valence-corrected chi connectivity index (χ2v) is 5.84. The van der Waals surface area contributed by atoms with Crippen molar-refractivity contribution in [2.75, 3.05) is 5.32 Å². The van der Waals surface area contributed by atoms with Crippen LogP contribution in [-0.4, -0.2) is 11.2 Å². The third kappa shape index (κ3) is 3.74. The van der Waals surface area contributed by atoms with Gasteiger partial charge in [-0.25, -0.2) is 0 Å². The predicted molar refractivity (Wildman–Crippen MR) is 80.5 cm³/mol. The van der Waals surface area contributed by atoms with Crippen LogP contribution in [0, 0.1) is 12.1 Å². The molecule has 1 amide bonds. The minimum absolute atomic E-state index is 0.121. The molecule has 1 heterocycles. The topological polar surface area (TPSA) is 56.0 Å². The third-order valence-corrected chi connectivity index (χ3v) is 3.87. The molecule has 4 nitrogen and oxygen atoms in total. The number of nitrogens with zero attached hydrogens (tertiary/aromatic N) is 1. The number of anilines is 1. The van der Waals surface area contributed by atoms with Gasteiger partial charge in [-0.3, -0.25) is 4.79 Å². The van der Waals surface area contributed by atoms with Crippen LogP contribution in [0.15, 0.2) is 53.7 Å². The van der Waals surface area contributed by atoms with E-state index in [1.807, 2.05) is 31.2 Å². The first-order valence-corrected chi connectivity index (χ1v) is 7.16. The van der Waals surface area contributed by atoms with E-state index in [0.29, 0.717) is 5.03 Å². The summed E-state index contributed by atoms with van der Waals surface area (Å²) < 4.78 is 0.765. The van der Waals surface area contributed by atoms with Gasteiger partial charge in [0.05, 0.1) is 5.25 Å². The van der Waals surface area contributed by atoms with Crippen molar-refractivity contribution in [2.24, 2.45) is 0 Å². The molecule has 0 fully saturated rings. The fourth-order valence-corrected chi connectivity index (χ4v) is 2.56. The number of hydrogen-bond acceptors (Lipinski definition) is 3. The second-order valence-electron chi connectivity index (χ2n) is 4.48. The molecular weight excluding hydrogens is 272 g/mol. The zero-order valence-electron chi connectivity index (χ0n) is 11.4. The zero-order valence-corrected chi connectivity index (χ0v) is 12.2. The van der Waals surface area contributed by atoms with Crippen LogP contribution < -0.4 is 10.0 Å². The molecule has 0 bridgehead atoms. The first-order chi connectivity index (χ1) is 9.56. The molecule has 0 aliphatic heterocycles. The number of benzene rings is 1. The van der Waals surface area contributed by atoms with E-state index in [-0.39, 0.29) is 11.2 Å². The summed E-state index contributed by atoms with van der Waals surface area (Å²) in [5.41, 5.74) is 1.86. The van der Waals surface area contributed by atoms with Crippen LogP contribution in [0.3, 0.4) is 0 Å². The Balaban J connectivity index is 2.01. The molecule has 0 unspecified atom stereocenters. The smallest absolute Gasteiger partial charge is 0.252 e. The molecule has 2 aromatic rings. The van der Waals surface area contributed by atoms with Gasteiger partial charge in [-0.15, -0.1) is 0 Å². The van der Waals surface area contributed by atoms with Crippen LogP contribution in [0.5, 0.6) is 0 Å². The Labute approximate surface area is 122 Å². The van der Waals surface area contributed by atoms with Crippen molar-refractivity contribution >= 4 is 23.4 Å². The Kier molecular flexibility index (Phi) is 4.63. The van der Waals surface area contributed by atoms with E-state index in [0.717, 1.165) is 16.0 Å². The number of carbonyl (C=O) groups is 1. The molecule has 0 saturated heterocycles. The Bertz CT molecular complexity index is 616. The van der Waals surface area contributed by atoms with E-state index in [4.69, 9.17) is 0 Å². The number of thioether (sulfide) groups is 1. The van der Waals surface area contributed by atoms with Crippen molar-refractivity contribution in [1.82, 2.24) is 0 Å². The van der Waals surface area contributed by atoms with Crippen molar-refractivity contribution in [1.29, 1.82) is 0 Å². The Morgan fingerprint density at radius 2 is 2.10 bits per heavy atom. The van der Waals surface area contributed by atoms with Gasteiger partial charge in [0, 0.05) is 17.8 Å². The minimum Gasteiger partial charge on any atom is -0.618 e. The normalized spacial score (nSPS) is 11.9. The molecule has 0 spiro atoms. The predicted octanol–water partition coefficient (Wildman–Crippen LogP) is 2.75. The highest BCUT2D eigenvalue weighted by molar-refractivity contribution is 8.00. The number of pyridine rings is 1. The summed E-state index contributed by atoms with van der Waals surface area (Å²) in [4.78, 5) is 12.1. The van der Waals surface area contributed by atoms with Crippen LogP contribution in [-0.2, 0) is 4.79 Å². The van der Waals surface area contributed by atoms with Gasteiger partial charge >= 0.3 is 0 Å². The molecule has 2 rings (SSSR count). The lowest BCUT2D eigenvalue weighted by Crippen LogP contribution is -2.30. The summed E-state index contributed by atoms with van der Waals surface area (Å²) in [5, 5.41) is 14.6. The maximum atomic E-state index is 12.1. The summed E-state index contributed by atoms with van der Waals surface area (Å²) in [6.07, 6.45) is 1.42. The summed E-state index contributed by atoms with van der Waals surface area (Å²) in [7, 11) is 0. The summed E-state index contributed by atoms with van der Waals surface area (Å²) in [6, 6.07) is 12.8. The number of hydrogen-bond donors (Lipinski definition) is 1. The maximum absolute atomic E-state index is 12.1. The van der Waals surface area contributed by atoms with Gasteiger partial charge in [0.15, 0.2) is 6.20 Å². The Hall–Kier alpha value is -2.01. The van der Waals surface area contributed by atoms with Crippen LogP contribution in [0.25, 0.3) is 0 Å². The van der Waals surface area contributed by atoms with Gasteiger partial charge in [0.2, 0.25) is 5.91 Å². The average Bonchev–Trinajstić information content (AvgIpc) is 2.41. The van der Waals surface area contributed by atoms with Crippen molar-refractivity contribution in [3.63, 3.8) is 0 Å². The molecule has 5 heteroatoms. The van der Waals surface area contributed by atoms with Gasteiger partial charge in [-0.1, -0.05) is 12.1 Å². The van der Waals surface area contributed by atoms with E-state index in [9.17, 15) is 10.0 Å².